The fourth-order valence-corrected chi connectivity index (χ4v) is 2.13. The third kappa shape index (κ3) is 3.11. The van der Waals surface area contributed by atoms with Crippen molar-refractivity contribution >= 4 is 6.09 Å². The second-order valence-corrected chi connectivity index (χ2v) is 5.70. The lowest BCUT2D eigenvalue weighted by atomic mass is 9.95. The molecule has 16 heavy (non-hydrogen) atoms. The van der Waals surface area contributed by atoms with Gasteiger partial charge in [0.05, 0.1) is 12.7 Å². The fourth-order valence-electron chi connectivity index (χ4n) is 2.13. The van der Waals surface area contributed by atoms with Gasteiger partial charge in [0, 0.05) is 19.0 Å². The number of hydrogen-bond donors (Lipinski definition) is 0. The Morgan fingerprint density at radius 1 is 1.44 bits per heavy atom. The molecule has 1 amide bonds. The SMILES string of the molecule is CC(C)(C)OC(=O)N1CCC[C@H]([C@@H]2CO2)C1. The maximum Gasteiger partial charge on any atom is 0.410 e. The van der Waals surface area contributed by atoms with Gasteiger partial charge in [0.25, 0.3) is 0 Å². The third-order valence-corrected chi connectivity index (χ3v) is 2.99. The molecule has 0 aromatic rings. The van der Waals surface area contributed by atoms with Crippen molar-refractivity contribution < 1.29 is 14.3 Å². The summed E-state index contributed by atoms with van der Waals surface area (Å²) in [6.45, 7) is 8.17. The van der Waals surface area contributed by atoms with Gasteiger partial charge in [-0.15, -0.1) is 0 Å². The van der Waals surface area contributed by atoms with Gasteiger partial charge < -0.3 is 14.4 Å². The molecular formula is C12H21NO3. The highest BCUT2D eigenvalue weighted by atomic mass is 16.6. The van der Waals surface area contributed by atoms with E-state index in [2.05, 4.69) is 0 Å². The third-order valence-electron chi connectivity index (χ3n) is 2.99. The van der Waals surface area contributed by atoms with Crippen LogP contribution in [-0.2, 0) is 9.47 Å². The quantitative estimate of drug-likeness (QED) is 0.644. The first-order chi connectivity index (χ1) is 7.46. The highest BCUT2D eigenvalue weighted by Crippen LogP contribution is 2.29. The largest absolute Gasteiger partial charge is 0.444 e. The first-order valence-electron chi connectivity index (χ1n) is 6.05. The summed E-state index contributed by atoms with van der Waals surface area (Å²) in [5, 5.41) is 0. The molecule has 0 aromatic heterocycles. The Hall–Kier alpha value is -0.770. The van der Waals surface area contributed by atoms with Crippen LogP contribution in [0.15, 0.2) is 0 Å². The Balaban J connectivity index is 1.86. The molecule has 4 heteroatoms. The molecule has 2 rings (SSSR count). The Morgan fingerprint density at radius 2 is 2.12 bits per heavy atom. The monoisotopic (exact) mass is 227 g/mol. The van der Waals surface area contributed by atoms with Crippen LogP contribution in [0, 0.1) is 5.92 Å². The average molecular weight is 227 g/mol. The van der Waals surface area contributed by atoms with Crippen molar-refractivity contribution in [2.75, 3.05) is 19.7 Å². The van der Waals surface area contributed by atoms with Gasteiger partial charge in [0.1, 0.15) is 5.60 Å². The molecule has 0 aliphatic carbocycles. The van der Waals surface area contributed by atoms with Crippen molar-refractivity contribution in [1.29, 1.82) is 0 Å². The predicted molar refractivity (Wildman–Crippen MR) is 60.3 cm³/mol. The predicted octanol–water partition coefficient (Wildman–Crippen LogP) is 2.03. The van der Waals surface area contributed by atoms with Crippen LogP contribution in [0.4, 0.5) is 4.79 Å². The van der Waals surface area contributed by atoms with Gasteiger partial charge in [-0.3, -0.25) is 0 Å². The number of amides is 1. The Bertz CT molecular complexity index is 268. The van der Waals surface area contributed by atoms with Crippen molar-refractivity contribution in [3.8, 4) is 0 Å². The molecule has 0 aromatic carbocycles. The van der Waals surface area contributed by atoms with E-state index in [0.717, 1.165) is 26.1 Å². The van der Waals surface area contributed by atoms with Crippen LogP contribution >= 0.6 is 0 Å². The molecule has 0 bridgehead atoms. The maximum atomic E-state index is 11.9. The van der Waals surface area contributed by atoms with Gasteiger partial charge in [-0.2, -0.15) is 0 Å². The van der Waals surface area contributed by atoms with Gasteiger partial charge in [0.15, 0.2) is 0 Å². The second kappa shape index (κ2) is 4.24. The summed E-state index contributed by atoms with van der Waals surface area (Å²) in [5.74, 6) is 0.515. The number of likely N-dealkylation sites (tertiary alicyclic amines) is 1. The zero-order valence-electron chi connectivity index (χ0n) is 10.4. The smallest absolute Gasteiger partial charge is 0.410 e. The lowest BCUT2D eigenvalue weighted by Gasteiger charge is -2.33. The van der Waals surface area contributed by atoms with Crippen LogP contribution in [0.3, 0.4) is 0 Å². The first kappa shape index (κ1) is 11.7. The molecule has 0 radical (unpaired) electrons. The number of epoxide rings is 1. The summed E-state index contributed by atoms with van der Waals surface area (Å²) in [4.78, 5) is 13.7. The van der Waals surface area contributed by atoms with Crippen LogP contribution in [0.1, 0.15) is 33.6 Å². The van der Waals surface area contributed by atoms with Gasteiger partial charge in [0.2, 0.25) is 0 Å². The highest BCUT2D eigenvalue weighted by Gasteiger charge is 2.37. The lowest BCUT2D eigenvalue weighted by Crippen LogP contribution is -2.44. The van der Waals surface area contributed by atoms with Gasteiger partial charge in [-0.25, -0.2) is 4.79 Å². The van der Waals surface area contributed by atoms with Crippen LogP contribution in [0.25, 0.3) is 0 Å². The number of rotatable bonds is 1. The average Bonchev–Trinajstić information content (AvgIpc) is 2.98. The molecule has 2 aliphatic rings. The first-order valence-corrected chi connectivity index (χ1v) is 6.05. The fraction of sp³-hybridized carbons (Fsp3) is 0.917. The second-order valence-electron chi connectivity index (χ2n) is 5.70. The van der Waals surface area contributed by atoms with Crippen molar-refractivity contribution in [2.24, 2.45) is 5.92 Å². The van der Waals surface area contributed by atoms with Crippen molar-refractivity contribution in [1.82, 2.24) is 4.90 Å². The Kier molecular flexibility index (Phi) is 3.10. The molecule has 4 nitrogen and oxygen atoms in total. The van der Waals surface area contributed by atoms with E-state index < -0.39 is 5.60 Å². The topological polar surface area (TPSA) is 42.1 Å². The highest BCUT2D eigenvalue weighted by molar-refractivity contribution is 5.68. The Labute approximate surface area is 96.9 Å². The number of nitrogens with zero attached hydrogens (tertiary/aromatic N) is 1. The number of piperidine rings is 1. The van der Waals surface area contributed by atoms with E-state index in [1.807, 2.05) is 25.7 Å². The van der Waals surface area contributed by atoms with E-state index >= 15 is 0 Å². The number of ether oxygens (including phenoxy) is 2. The zero-order chi connectivity index (χ0) is 11.8. The Morgan fingerprint density at radius 3 is 2.69 bits per heavy atom. The maximum absolute atomic E-state index is 11.9. The van der Waals surface area contributed by atoms with E-state index in [0.29, 0.717) is 12.0 Å². The summed E-state index contributed by atoms with van der Waals surface area (Å²) < 4.78 is 10.7. The molecule has 0 N–H and O–H groups in total. The molecule has 2 heterocycles. The lowest BCUT2D eigenvalue weighted by molar-refractivity contribution is 0.0151. The molecule has 2 aliphatic heterocycles. The normalized spacial score (nSPS) is 30.1. The molecule has 2 saturated heterocycles. The minimum absolute atomic E-state index is 0.183. The van der Waals surface area contributed by atoms with E-state index in [9.17, 15) is 4.79 Å². The van der Waals surface area contributed by atoms with Crippen molar-refractivity contribution in [2.45, 2.75) is 45.3 Å². The van der Waals surface area contributed by atoms with Gasteiger partial charge in [-0.1, -0.05) is 0 Å². The minimum Gasteiger partial charge on any atom is -0.444 e. The molecule has 2 fully saturated rings. The zero-order valence-corrected chi connectivity index (χ0v) is 10.4. The molecule has 0 spiro atoms. The summed E-state index contributed by atoms with van der Waals surface area (Å²) in [7, 11) is 0. The molecular weight excluding hydrogens is 206 g/mol. The van der Waals surface area contributed by atoms with E-state index in [-0.39, 0.29) is 6.09 Å². The minimum atomic E-state index is -0.403. The summed E-state index contributed by atoms with van der Waals surface area (Å²) in [5.41, 5.74) is -0.403. The molecule has 2 atom stereocenters. The summed E-state index contributed by atoms with van der Waals surface area (Å²) in [6.07, 6.45) is 2.44. The molecule has 0 unspecified atom stereocenters. The van der Waals surface area contributed by atoms with Gasteiger partial charge in [-0.05, 0) is 33.6 Å². The van der Waals surface area contributed by atoms with E-state index in [1.165, 1.54) is 6.42 Å². The molecule has 92 valence electrons. The van der Waals surface area contributed by atoms with Gasteiger partial charge >= 0.3 is 6.09 Å². The van der Waals surface area contributed by atoms with Crippen LogP contribution in [-0.4, -0.2) is 42.4 Å². The number of carbonyl (C=O) groups excluding carboxylic acids is 1. The van der Waals surface area contributed by atoms with Crippen molar-refractivity contribution in [3.63, 3.8) is 0 Å². The van der Waals surface area contributed by atoms with Crippen LogP contribution in [0.2, 0.25) is 0 Å². The van der Waals surface area contributed by atoms with E-state index in [4.69, 9.17) is 9.47 Å². The van der Waals surface area contributed by atoms with Crippen LogP contribution in [0.5, 0.6) is 0 Å². The standard InChI is InChI=1S/C12H21NO3/c1-12(2,3)16-11(14)13-6-4-5-9(7-13)10-8-15-10/h9-10H,4-8H2,1-3H3/t9-,10-/m0/s1. The van der Waals surface area contributed by atoms with Crippen LogP contribution < -0.4 is 0 Å². The molecule has 0 saturated carbocycles. The summed E-state index contributed by atoms with van der Waals surface area (Å²) >= 11 is 0. The number of hydrogen-bond acceptors (Lipinski definition) is 3. The van der Waals surface area contributed by atoms with Crippen molar-refractivity contribution in [3.05, 3.63) is 0 Å². The summed E-state index contributed by atoms with van der Waals surface area (Å²) in [6, 6.07) is 0. The van der Waals surface area contributed by atoms with E-state index in [1.54, 1.807) is 0 Å². The number of carbonyl (C=O) groups is 1.